The van der Waals surface area contributed by atoms with Crippen LogP contribution in [0.4, 0.5) is 0 Å². The molecule has 0 aliphatic heterocycles. The van der Waals surface area contributed by atoms with Gasteiger partial charge in [0.05, 0.1) is 10.3 Å². The predicted octanol–water partition coefficient (Wildman–Crippen LogP) is 3.46. The van der Waals surface area contributed by atoms with Gasteiger partial charge in [0.2, 0.25) is 0 Å². The molecule has 6 nitrogen and oxygen atoms in total. The van der Waals surface area contributed by atoms with Gasteiger partial charge in [0.25, 0.3) is 11.5 Å². The molecule has 1 N–H and O–H groups in total. The lowest BCUT2D eigenvalue weighted by Gasteiger charge is -2.19. The summed E-state index contributed by atoms with van der Waals surface area (Å²) in [7, 11) is 0. The Labute approximate surface area is 169 Å². The van der Waals surface area contributed by atoms with Gasteiger partial charge in [-0.1, -0.05) is 19.9 Å². The van der Waals surface area contributed by atoms with Crippen molar-refractivity contribution in [2.75, 3.05) is 19.6 Å². The number of pyridine rings is 1. The summed E-state index contributed by atoms with van der Waals surface area (Å²) in [6, 6.07) is 5.51. The van der Waals surface area contributed by atoms with E-state index in [1.54, 1.807) is 16.7 Å². The number of nitrogens with one attached hydrogen (secondary N) is 1. The van der Waals surface area contributed by atoms with Gasteiger partial charge in [0.1, 0.15) is 10.5 Å². The molecule has 0 aliphatic carbocycles. The summed E-state index contributed by atoms with van der Waals surface area (Å²) in [5, 5.41) is 3.55. The third-order valence-corrected chi connectivity index (χ3v) is 6.17. The number of amides is 1. The van der Waals surface area contributed by atoms with Gasteiger partial charge in [-0.15, -0.1) is 11.3 Å². The third kappa shape index (κ3) is 4.25. The quantitative estimate of drug-likeness (QED) is 0.629. The Kier molecular flexibility index (Phi) is 6.46. The first-order valence-electron chi connectivity index (χ1n) is 9.89. The summed E-state index contributed by atoms with van der Waals surface area (Å²) >= 11 is 1.28. The number of carbonyl (C=O) groups excluding carboxylic acids is 1. The van der Waals surface area contributed by atoms with Crippen molar-refractivity contribution in [3.05, 3.63) is 45.2 Å². The van der Waals surface area contributed by atoms with Crippen molar-refractivity contribution < 1.29 is 4.79 Å². The zero-order chi connectivity index (χ0) is 20.3. The van der Waals surface area contributed by atoms with Gasteiger partial charge >= 0.3 is 0 Å². The van der Waals surface area contributed by atoms with Crippen molar-refractivity contribution in [2.24, 2.45) is 0 Å². The predicted molar refractivity (Wildman–Crippen MR) is 116 cm³/mol. The van der Waals surface area contributed by atoms with E-state index in [0.29, 0.717) is 20.7 Å². The fourth-order valence-corrected chi connectivity index (χ4v) is 4.32. The van der Waals surface area contributed by atoms with Crippen LogP contribution in [0.5, 0.6) is 0 Å². The lowest BCUT2D eigenvalue weighted by molar-refractivity contribution is 0.0941. The van der Waals surface area contributed by atoms with Crippen molar-refractivity contribution in [2.45, 2.75) is 46.6 Å². The summed E-state index contributed by atoms with van der Waals surface area (Å²) in [6.07, 6.45) is 3.69. The van der Waals surface area contributed by atoms with E-state index in [9.17, 15) is 9.59 Å². The molecule has 0 fully saturated rings. The van der Waals surface area contributed by atoms with E-state index in [4.69, 9.17) is 0 Å². The fourth-order valence-electron chi connectivity index (χ4n) is 3.40. The van der Waals surface area contributed by atoms with Gasteiger partial charge < -0.3 is 10.2 Å². The lowest BCUT2D eigenvalue weighted by atomic mass is 10.1. The Morgan fingerprint density at radius 2 is 2.11 bits per heavy atom. The Balaban J connectivity index is 1.74. The molecule has 0 spiro atoms. The third-order valence-electron chi connectivity index (χ3n) is 5.14. The van der Waals surface area contributed by atoms with Crippen molar-refractivity contribution in [1.82, 2.24) is 19.6 Å². The number of rotatable bonds is 8. The molecule has 0 aliphatic rings. The zero-order valence-electron chi connectivity index (χ0n) is 17.0. The Bertz CT molecular complexity index is 1040. The normalized spacial score (nSPS) is 12.8. The van der Waals surface area contributed by atoms with E-state index >= 15 is 0 Å². The first kappa shape index (κ1) is 20.5. The van der Waals surface area contributed by atoms with Crippen LogP contribution in [0.3, 0.4) is 0 Å². The smallest absolute Gasteiger partial charge is 0.266 e. The molecule has 1 amide bonds. The monoisotopic (exact) mass is 400 g/mol. The molecule has 0 saturated carbocycles. The molecule has 150 valence electrons. The number of hydrogen-bond acceptors (Lipinski definition) is 5. The summed E-state index contributed by atoms with van der Waals surface area (Å²) in [5.74, 6) is -0.136. The molecule has 3 aromatic heterocycles. The van der Waals surface area contributed by atoms with E-state index in [-0.39, 0.29) is 17.5 Å². The molecule has 1 unspecified atom stereocenters. The second-order valence-corrected chi connectivity index (χ2v) is 8.21. The van der Waals surface area contributed by atoms with E-state index in [1.807, 2.05) is 26.0 Å². The van der Waals surface area contributed by atoms with Gasteiger partial charge in [-0.3, -0.25) is 14.0 Å². The second-order valence-electron chi connectivity index (χ2n) is 7.17. The Hall–Kier alpha value is -2.25. The summed E-state index contributed by atoms with van der Waals surface area (Å²) in [4.78, 5) is 33.5. The molecule has 28 heavy (non-hydrogen) atoms. The minimum atomic E-state index is -0.136. The SMILES string of the molecule is CCN(CC)CCCC(C)NC(=O)c1cc2c(=O)n3cccc(C)c3nc2s1. The van der Waals surface area contributed by atoms with Crippen LogP contribution in [0.15, 0.2) is 29.2 Å². The minimum Gasteiger partial charge on any atom is -0.349 e. The highest BCUT2D eigenvalue weighted by Gasteiger charge is 2.17. The van der Waals surface area contributed by atoms with E-state index < -0.39 is 0 Å². The highest BCUT2D eigenvalue weighted by atomic mass is 32.1. The molecular formula is C21H28N4O2S. The van der Waals surface area contributed by atoms with Gasteiger partial charge in [0, 0.05) is 12.2 Å². The number of nitrogens with zero attached hydrogens (tertiary/aromatic N) is 3. The highest BCUT2D eigenvalue weighted by Crippen LogP contribution is 2.23. The maximum atomic E-state index is 12.8. The molecule has 1 atom stereocenters. The van der Waals surface area contributed by atoms with Gasteiger partial charge in [-0.05, 0) is 64.0 Å². The number of aryl methyl sites for hydroxylation is 1. The van der Waals surface area contributed by atoms with E-state index in [1.165, 1.54) is 11.3 Å². The highest BCUT2D eigenvalue weighted by molar-refractivity contribution is 7.20. The first-order valence-corrected chi connectivity index (χ1v) is 10.7. The van der Waals surface area contributed by atoms with Crippen molar-refractivity contribution in [3.63, 3.8) is 0 Å². The summed E-state index contributed by atoms with van der Waals surface area (Å²) in [6.45, 7) is 11.4. The number of aromatic nitrogens is 2. The number of carbonyl (C=O) groups is 1. The molecule has 3 rings (SSSR count). The van der Waals surface area contributed by atoms with Crippen LogP contribution in [0, 0.1) is 6.92 Å². The van der Waals surface area contributed by atoms with Crippen LogP contribution < -0.4 is 10.9 Å². The van der Waals surface area contributed by atoms with E-state index in [0.717, 1.165) is 38.0 Å². The molecule has 3 heterocycles. The molecule has 0 saturated heterocycles. The first-order chi connectivity index (χ1) is 13.4. The molecule has 7 heteroatoms. The zero-order valence-corrected chi connectivity index (χ0v) is 17.8. The summed E-state index contributed by atoms with van der Waals surface area (Å²) < 4.78 is 1.54. The van der Waals surface area contributed by atoms with Gasteiger partial charge in [-0.2, -0.15) is 0 Å². The fraction of sp³-hybridized carbons (Fsp3) is 0.476. The van der Waals surface area contributed by atoms with Crippen molar-refractivity contribution >= 4 is 33.1 Å². The second kappa shape index (κ2) is 8.84. The average molecular weight is 401 g/mol. The maximum Gasteiger partial charge on any atom is 0.266 e. The van der Waals surface area contributed by atoms with Crippen LogP contribution in [-0.4, -0.2) is 45.9 Å². The molecular weight excluding hydrogens is 372 g/mol. The van der Waals surface area contributed by atoms with Crippen molar-refractivity contribution in [1.29, 1.82) is 0 Å². The molecule has 0 bridgehead atoms. The van der Waals surface area contributed by atoms with Crippen LogP contribution >= 0.6 is 11.3 Å². The molecule has 0 aromatic carbocycles. The van der Waals surface area contributed by atoms with Crippen LogP contribution in [0.1, 0.15) is 48.8 Å². The molecule has 0 radical (unpaired) electrons. The topological polar surface area (TPSA) is 66.7 Å². The lowest BCUT2D eigenvalue weighted by Crippen LogP contribution is -2.33. The summed E-state index contributed by atoms with van der Waals surface area (Å²) in [5.41, 5.74) is 1.44. The van der Waals surface area contributed by atoms with Gasteiger partial charge in [-0.25, -0.2) is 4.98 Å². The van der Waals surface area contributed by atoms with Crippen LogP contribution in [0.2, 0.25) is 0 Å². The Morgan fingerprint density at radius 1 is 1.36 bits per heavy atom. The standard InChI is InChI=1S/C21H28N4O2S/c1-5-24(6-2)11-8-10-15(4)22-19(26)17-13-16-20(28-17)23-18-14(3)9-7-12-25(18)21(16)27/h7,9,12-13,15H,5-6,8,10-11H2,1-4H3,(H,22,26). The largest absolute Gasteiger partial charge is 0.349 e. The van der Waals surface area contributed by atoms with Crippen molar-refractivity contribution in [3.8, 4) is 0 Å². The average Bonchev–Trinajstić information content (AvgIpc) is 3.11. The van der Waals surface area contributed by atoms with Crippen LogP contribution in [0.25, 0.3) is 15.9 Å². The maximum absolute atomic E-state index is 12.8. The van der Waals surface area contributed by atoms with E-state index in [2.05, 4.69) is 29.0 Å². The molecule has 3 aromatic rings. The Morgan fingerprint density at radius 3 is 2.82 bits per heavy atom. The van der Waals surface area contributed by atoms with Gasteiger partial charge in [0.15, 0.2) is 0 Å². The van der Waals surface area contributed by atoms with Crippen LogP contribution in [-0.2, 0) is 0 Å². The number of fused-ring (bicyclic) bond motifs is 2. The number of thiophene rings is 1. The minimum absolute atomic E-state index is 0.0867. The number of hydrogen-bond donors (Lipinski definition) is 1.